The summed E-state index contributed by atoms with van der Waals surface area (Å²) in [4.78, 5) is 64.0. The number of nitrogens with zero attached hydrogens (tertiary/aromatic N) is 3. The number of carbonyl (C=O) groups is 3. The predicted molar refractivity (Wildman–Crippen MR) is 140 cm³/mol. The molecule has 2 aliphatic heterocycles. The second kappa shape index (κ2) is 9.59. The number of nitro groups is 1. The molecule has 3 aromatic rings. The topological polar surface area (TPSA) is 132 Å². The van der Waals surface area contributed by atoms with Crippen molar-refractivity contribution in [2.75, 3.05) is 10.2 Å². The molecule has 208 valence electrons. The highest BCUT2D eigenvalue weighted by Gasteiger charge is 2.59. The van der Waals surface area contributed by atoms with Crippen molar-refractivity contribution in [2.24, 2.45) is 5.92 Å². The Kier molecular flexibility index (Phi) is 6.61. The van der Waals surface area contributed by atoms with Gasteiger partial charge in [0.15, 0.2) is 0 Å². The minimum atomic E-state index is -4.60. The molecule has 0 spiro atoms. The van der Waals surface area contributed by atoms with E-state index in [9.17, 15) is 42.5 Å². The van der Waals surface area contributed by atoms with E-state index in [1.807, 2.05) is 0 Å². The summed E-state index contributed by atoms with van der Waals surface area (Å²) in [5.41, 5.74) is -2.06. The number of thiazole rings is 1. The van der Waals surface area contributed by atoms with Gasteiger partial charge in [0, 0.05) is 28.1 Å². The van der Waals surface area contributed by atoms with E-state index in [-0.39, 0.29) is 17.1 Å². The van der Waals surface area contributed by atoms with Crippen LogP contribution in [0.1, 0.15) is 24.3 Å². The largest absolute Gasteiger partial charge is 0.416 e. The zero-order valence-electron chi connectivity index (χ0n) is 20.7. The number of benzene rings is 2. The number of anilines is 2. The summed E-state index contributed by atoms with van der Waals surface area (Å²) in [7, 11) is 0. The van der Waals surface area contributed by atoms with Gasteiger partial charge in [-0.1, -0.05) is 43.0 Å². The molecule has 0 saturated carbocycles. The Morgan fingerprint density at radius 1 is 1.10 bits per heavy atom. The van der Waals surface area contributed by atoms with Crippen LogP contribution in [-0.2, 0) is 32.5 Å². The number of nitrogens with one attached hydrogen (secondary N) is 1. The molecule has 5 rings (SSSR count). The molecule has 0 unspecified atom stereocenters. The Hall–Kier alpha value is -3.98. The molecule has 40 heavy (non-hydrogen) atoms. The van der Waals surface area contributed by atoms with Crippen molar-refractivity contribution in [2.45, 2.75) is 42.3 Å². The first-order valence-electron chi connectivity index (χ1n) is 11.7. The maximum atomic E-state index is 13.5. The molecule has 1 N–H and O–H groups in total. The van der Waals surface area contributed by atoms with Crippen LogP contribution in [0.4, 0.5) is 30.2 Å². The number of nitro benzene ring substituents is 1. The minimum absolute atomic E-state index is 0.0969. The first-order chi connectivity index (χ1) is 18.7. The van der Waals surface area contributed by atoms with E-state index in [1.165, 1.54) is 30.3 Å². The summed E-state index contributed by atoms with van der Waals surface area (Å²) < 4.78 is 40.3. The van der Waals surface area contributed by atoms with Crippen molar-refractivity contribution in [3.63, 3.8) is 0 Å². The Morgan fingerprint density at radius 2 is 1.77 bits per heavy atom. The van der Waals surface area contributed by atoms with Crippen LogP contribution in [0.15, 0.2) is 58.4 Å². The molecule has 10 nitrogen and oxygen atoms in total. The SMILES string of the molecule is CC1(C)c2sc(=O)n(CC(=O)Nc3cccc(C(F)(F)F)c3)c2S[C@@H]2C(=O)N(c3ccc([N+](=O)[O-])cc3)C(=O)[C@@H]21. The third-order valence-corrected chi connectivity index (χ3v) is 9.62. The van der Waals surface area contributed by atoms with Crippen LogP contribution in [-0.4, -0.2) is 32.5 Å². The molecule has 1 aromatic heterocycles. The number of carbonyl (C=O) groups excluding carboxylic acids is 3. The molecule has 3 heterocycles. The highest BCUT2D eigenvalue weighted by Crippen LogP contribution is 2.54. The second-order valence-electron chi connectivity index (χ2n) is 9.74. The smallest absolute Gasteiger partial charge is 0.325 e. The van der Waals surface area contributed by atoms with Crippen LogP contribution in [0, 0.1) is 16.0 Å². The monoisotopic (exact) mass is 592 g/mol. The quantitative estimate of drug-likeness (QED) is 0.264. The number of amides is 3. The first kappa shape index (κ1) is 27.6. The van der Waals surface area contributed by atoms with E-state index in [2.05, 4.69) is 5.32 Å². The normalized spacial score (nSPS) is 19.8. The van der Waals surface area contributed by atoms with Crippen molar-refractivity contribution >= 4 is 57.9 Å². The number of fused-ring (bicyclic) bond motifs is 2. The molecule has 3 amide bonds. The van der Waals surface area contributed by atoms with E-state index in [0.717, 1.165) is 50.8 Å². The molecular formula is C25H19F3N4O6S2. The number of non-ortho nitro benzene ring substituents is 1. The lowest BCUT2D eigenvalue weighted by atomic mass is 9.76. The van der Waals surface area contributed by atoms with Crippen molar-refractivity contribution in [1.82, 2.24) is 4.57 Å². The van der Waals surface area contributed by atoms with Gasteiger partial charge in [0.1, 0.15) is 11.8 Å². The summed E-state index contributed by atoms with van der Waals surface area (Å²) >= 11 is 1.81. The number of aromatic nitrogens is 1. The number of thioether (sulfide) groups is 1. The number of rotatable bonds is 5. The lowest BCUT2D eigenvalue weighted by Crippen LogP contribution is -2.41. The number of hydrogen-bond acceptors (Lipinski definition) is 8. The van der Waals surface area contributed by atoms with Crippen LogP contribution in [0.5, 0.6) is 0 Å². The van der Waals surface area contributed by atoms with Crippen LogP contribution in [0.25, 0.3) is 0 Å². The standard InChI is InChI=1S/C25H19F3N4O6S2/c1-24(2)17-18(21(35)31(20(17)34)14-6-8-15(9-7-14)32(37)38)39-22-19(24)40-23(36)30(22)11-16(33)29-13-5-3-4-12(10-13)25(26,27)28/h3-10,17-18H,11H2,1-2H3,(H,29,33)/t17-,18+/m1/s1. The van der Waals surface area contributed by atoms with Gasteiger partial charge in [-0.2, -0.15) is 13.2 Å². The first-order valence-corrected chi connectivity index (χ1v) is 13.4. The summed E-state index contributed by atoms with van der Waals surface area (Å²) in [6, 6.07) is 9.08. The summed E-state index contributed by atoms with van der Waals surface area (Å²) in [6.07, 6.45) is -4.60. The highest BCUT2D eigenvalue weighted by atomic mass is 32.2. The van der Waals surface area contributed by atoms with Crippen LogP contribution < -0.4 is 15.1 Å². The molecule has 1 saturated heterocycles. The zero-order valence-corrected chi connectivity index (χ0v) is 22.4. The van der Waals surface area contributed by atoms with Crippen LogP contribution in [0.3, 0.4) is 0 Å². The molecule has 1 fully saturated rings. The van der Waals surface area contributed by atoms with Gasteiger partial charge in [0.2, 0.25) is 17.7 Å². The lowest BCUT2D eigenvalue weighted by molar-refractivity contribution is -0.384. The third kappa shape index (κ3) is 4.58. The molecular weight excluding hydrogens is 573 g/mol. The molecule has 0 radical (unpaired) electrons. The van der Waals surface area contributed by atoms with E-state index in [4.69, 9.17) is 0 Å². The van der Waals surface area contributed by atoms with Gasteiger partial charge < -0.3 is 5.32 Å². The molecule has 2 atom stereocenters. The number of imide groups is 1. The number of halogens is 3. The molecule has 15 heteroatoms. The highest BCUT2D eigenvalue weighted by molar-refractivity contribution is 8.00. The fourth-order valence-electron chi connectivity index (χ4n) is 4.86. The lowest BCUT2D eigenvalue weighted by Gasteiger charge is -2.36. The van der Waals surface area contributed by atoms with Crippen molar-refractivity contribution < 1.29 is 32.5 Å². The molecule has 0 bridgehead atoms. The molecule has 2 aliphatic rings. The maximum absolute atomic E-state index is 13.5. The Morgan fingerprint density at radius 3 is 2.40 bits per heavy atom. The van der Waals surface area contributed by atoms with E-state index in [0.29, 0.717) is 9.90 Å². The van der Waals surface area contributed by atoms with Gasteiger partial charge in [-0.05, 0) is 30.3 Å². The summed E-state index contributed by atoms with van der Waals surface area (Å²) in [6.45, 7) is 2.92. The van der Waals surface area contributed by atoms with E-state index >= 15 is 0 Å². The second-order valence-corrected chi connectivity index (χ2v) is 11.8. The third-order valence-electron chi connectivity index (χ3n) is 6.80. The zero-order chi connectivity index (χ0) is 29.1. The van der Waals surface area contributed by atoms with E-state index in [1.54, 1.807) is 13.8 Å². The van der Waals surface area contributed by atoms with Crippen LogP contribution >= 0.6 is 23.1 Å². The summed E-state index contributed by atoms with van der Waals surface area (Å²) in [5, 5.41) is 12.8. The molecule has 0 aliphatic carbocycles. The maximum Gasteiger partial charge on any atom is 0.416 e. The minimum Gasteiger partial charge on any atom is -0.325 e. The fourth-order valence-corrected chi connectivity index (χ4v) is 7.90. The van der Waals surface area contributed by atoms with Gasteiger partial charge >= 0.3 is 11.0 Å². The number of alkyl halides is 3. The average molecular weight is 593 g/mol. The van der Waals surface area contributed by atoms with Gasteiger partial charge in [0.05, 0.1) is 27.1 Å². The number of hydrogen-bond donors (Lipinski definition) is 1. The summed E-state index contributed by atoms with van der Waals surface area (Å²) in [5.74, 6) is -2.67. The van der Waals surface area contributed by atoms with Crippen molar-refractivity contribution in [3.05, 3.63) is 78.8 Å². The van der Waals surface area contributed by atoms with Gasteiger partial charge in [-0.3, -0.25) is 33.9 Å². The molecule has 2 aromatic carbocycles. The van der Waals surface area contributed by atoms with Crippen molar-refractivity contribution in [3.8, 4) is 0 Å². The Bertz CT molecular complexity index is 1630. The Labute approximate surface area is 231 Å². The van der Waals surface area contributed by atoms with Crippen LogP contribution in [0.2, 0.25) is 0 Å². The average Bonchev–Trinajstić information content (AvgIpc) is 3.32. The van der Waals surface area contributed by atoms with Crippen molar-refractivity contribution in [1.29, 1.82) is 0 Å². The predicted octanol–water partition coefficient (Wildman–Crippen LogP) is 4.42. The van der Waals surface area contributed by atoms with Gasteiger partial charge in [-0.15, -0.1) is 0 Å². The Balaban J connectivity index is 1.43. The fraction of sp³-hybridized carbons (Fsp3) is 0.280. The van der Waals surface area contributed by atoms with E-state index < -0.39 is 62.4 Å². The van der Waals surface area contributed by atoms with Gasteiger partial charge in [0.25, 0.3) is 5.69 Å². The van der Waals surface area contributed by atoms with Gasteiger partial charge in [-0.25, -0.2) is 4.90 Å².